The summed E-state index contributed by atoms with van der Waals surface area (Å²) >= 11 is 1.69. The van der Waals surface area contributed by atoms with Crippen LogP contribution in [0.25, 0.3) is 0 Å². The van der Waals surface area contributed by atoms with Gasteiger partial charge in [-0.1, -0.05) is 6.07 Å². The molecule has 3 rings (SSSR count). The molecule has 0 aliphatic carbocycles. The Hall–Kier alpha value is -0.380. The standard InChI is InChI=1S/C17H27N3O3S2.2ClH/c1-25(22,23)17(6-8-18-9-7-17)16(21)19-13-14(15-5-4-12-24-15)20-10-2-3-11-20;;/h4-5,12,14,18H,2-3,6-11,13H2,1H3,(H,19,21);2*1H. The van der Waals surface area contributed by atoms with Gasteiger partial charge >= 0.3 is 0 Å². The summed E-state index contributed by atoms with van der Waals surface area (Å²) in [6.07, 6.45) is 4.22. The van der Waals surface area contributed by atoms with Gasteiger partial charge in [-0.15, -0.1) is 36.2 Å². The summed E-state index contributed by atoms with van der Waals surface area (Å²) in [6, 6.07) is 4.25. The third-order valence-electron chi connectivity index (χ3n) is 5.44. The van der Waals surface area contributed by atoms with Gasteiger partial charge in [-0.05, 0) is 63.3 Å². The highest BCUT2D eigenvalue weighted by Crippen LogP contribution is 2.30. The molecule has 2 aliphatic heterocycles. The predicted octanol–water partition coefficient (Wildman–Crippen LogP) is 2.01. The van der Waals surface area contributed by atoms with Crippen molar-refractivity contribution < 1.29 is 13.2 Å². The van der Waals surface area contributed by atoms with E-state index in [1.54, 1.807) is 11.3 Å². The minimum atomic E-state index is -3.47. The number of hydrogen-bond acceptors (Lipinski definition) is 6. The number of halogens is 2. The number of likely N-dealkylation sites (tertiary alicyclic amines) is 1. The van der Waals surface area contributed by atoms with Crippen LogP contribution in [-0.4, -0.2) is 63.0 Å². The third kappa shape index (κ3) is 5.36. The Bertz CT molecular complexity index is 686. The highest BCUT2D eigenvalue weighted by molar-refractivity contribution is 7.92. The number of rotatable bonds is 6. The van der Waals surface area contributed by atoms with E-state index in [1.165, 1.54) is 24.0 Å². The van der Waals surface area contributed by atoms with Gasteiger partial charge < -0.3 is 10.6 Å². The van der Waals surface area contributed by atoms with E-state index < -0.39 is 14.6 Å². The van der Waals surface area contributed by atoms with Gasteiger partial charge in [-0.2, -0.15) is 0 Å². The minimum Gasteiger partial charge on any atom is -0.353 e. The maximum absolute atomic E-state index is 12.9. The molecule has 1 unspecified atom stereocenters. The lowest BCUT2D eigenvalue weighted by Gasteiger charge is -2.35. The van der Waals surface area contributed by atoms with Crippen molar-refractivity contribution >= 4 is 51.9 Å². The van der Waals surface area contributed by atoms with Crippen molar-refractivity contribution in [1.29, 1.82) is 0 Å². The van der Waals surface area contributed by atoms with E-state index in [4.69, 9.17) is 0 Å². The largest absolute Gasteiger partial charge is 0.353 e. The van der Waals surface area contributed by atoms with Crippen molar-refractivity contribution in [3.05, 3.63) is 22.4 Å². The van der Waals surface area contributed by atoms with Crippen molar-refractivity contribution in [2.24, 2.45) is 0 Å². The number of nitrogens with zero attached hydrogens (tertiary/aromatic N) is 1. The number of carbonyl (C=O) groups is 1. The fraction of sp³-hybridized carbons (Fsp3) is 0.706. The zero-order valence-corrected chi connectivity index (χ0v) is 18.7. The normalized spacial score (nSPS) is 20.9. The van der Waals surface area contributed by atoms with E-state index in [0.29, 0.717) is 32.5 Å². The molecule has 1 atom stereocenters. The van der Waals surface area contributed by atoms with Crippen molar-refractivity contribution in [3.8, 4) is 0 Å². The highest BCUT2D eigenvalue weighted by Gasteiger charge is 2.48. The second-order valence-electron chi connectivity index (χ2n) is 7.00. The molecule has 2 fully saturated rings. The van der Waals surface area contributed by atoms with Crippen molar-refractivity contribution in [2.45, 2.75) is 36.5 Å². The molecule has 27 heavy (non-hydrogen) atoms. The lowest BCUT2D eigenvalue weighted by atomic mass is 9.95. The van der Waals surface area contributed by atoms with Gasteiger partial charge in [-0.3, -0.25) is 9.69 Å². The molecule has 1 aromatic rings. The monoisotopic (exact) mass is 457 g/mol. The van der Waals surface area contributed by atoms with Crippen LogP contribution in [0.1, 0.15) is 36.6 Å². The maximum Gasteiger partial charge on any atom is 0.241 e. The molecule has 2 aliphatic rings. The van der Waals surface area contributed by atoms with Gasteiger partial charge in [0.05, 0.1) is 6.04 Å². The molecule has 10 heteroatoms. The number of hydrogen-bond donors (Lipinski definition) is 2. The summed E-state index contributed by atoms with van der Waals surface area (Å²) in [5, 5.41) is 8.18. The number of piperidine rings is 1. The van der Waals surface area contributed by atoms with Gasteiger partial charge in [0.25, 0.3) is 0 Å². The second kappa shape index (κ2) is 10.4. The first-order valence-corrected chi connectivity index (χ1v) is 11.7. The molecule has 0 saturated carbocycles. The second-order valence-corrected chi connectivity index (χ2v) is 10.3. The minimum absolute atomic E-state index is 0. The van der Waals surface area contributed by atoms with Gasteiger partial charge in [0, 0.05) is 17.7 Å². The van der Waals surface area contributed by atoms with Crippen LogP contribution in [0.3, 0.4) is 0 Å². The average Bonchev–Trinajstić information content (AvgIpc) is 3.28. The number of carbonyl (C=O) groups excluding carboxylic acids is 1. The van der Waals surface area contributed by atoms with Crippen molar-refractivity contribution in [1.82, 2.24) is 15.5 Å². The molecular formula is C17H29Cl2N3O3S2. The van der Waals surface area contributed by atoms with Gasteiger partial charge in [-0.25, -0.2) is 8.42 Å². The lowest BCUT2D eigenvalue weighted by Crippen LogP contribution is -2.58. The fourth-order valence-corrected chi connectivity index (χ4v) is 6.11. The van der Waals surface area contributed by atoms with Crippen molar-refractivity contribution in [2.75, 3.05) is 39.0 Å². The van der Waals surface area contributed by atoms with Crippen LogP contribution in [0.15, 0.2) is 17.5 Å². The van der Waals surface area contributed by atoms with E-state index >= 15 is 0 Å². The van der Waals surface area contributed by atoms with Crippen LogP contribution >= 0.6 is 36.2 Å². The molecule has 0 spiro atoms. The molecule has 156 valence electrons. The van der Waals surface area contributed by atoms with Crippen LogP contribution in [0.5, 0.6) is 0 Å². The van der Waals surface area contributed by atoms with Crippen LogP contribution in [0.2, 0.25) is 0 Å². The molecule has 2 saturated heterocycles. The van der Waals surface area contributed by atoms with E-state index in [2.05, 4.69) is 21.6 Å². The van der Waals surface area contributed by atoms with E-state index in [-0.39, 0.29) is 36.8 Å². The Morgan fingerprint density at radius 2 is 1.93 bits per heavy atom. The smallest absolute Gasteiger partial charge is 0.241 e. The molecule has 0 aromatic carbocycles. The zero-order chi connectivity index (χ0) is 17.9. The highest BCUT2D eigenvalue weighted by atomic mass is 35.5. The molecule has 2 N–H and O–H groups in total. The van der Waals surface area contributed by atoms with Crippen LogP contribution in [-0.2, 0) is 14.6 Å². The fourth-order valence-electron chi connectivity index (χ4n) is 3.89. The molecule has 3 heterocycles. The molecule has 0 bridgehead atoms. The molecule has 0 radical (unpaired) electrons. The maximum atomic E-state index is 12.9. The first-order valence-electron chi connectivity index (χ1n) is 8.90. The first-order chi connectivity index (χ1) is 11.9. The Kier molecular flexibility index (Phi) is 9.51. The molecule has 1 amide bonds. The van der Waals surface area contributed by atoms with E-state index in [1.807, 2.05) is 11.4 Å². The summed E-state index contributed by atoms with van der Waals surface area (Å²) in [5.41, 5.74) is 0. The quantitative estimate of drug-likeness (QED) is 0.682. The van der Waals surface area contributed by atoms with E-state index in [0.717, 1.165) is 13.1 Å². The molecule has 6 nitrogen and oxygen atoms in total. The van der Waals surface area contributed by atoms with Gasteiger partial charge in [0.15, 0.2) is 14.6 Å². The number of amides is 1. The first kappa shape index (κ1) is 24.7. The number of sulfone groups is 1. The Morgan fingerprint density at radius 3 is 2.44 bits per heavy atom. The van der Waals surface area contributed by atoms with Gasteiger partial charge in [0.2, 0.25) is 5.91 Å². The average molecular weight is 458 g/mol. The SMILES string of the molecule is CS(=O)(=O)C1(C(=O)NCC(c2cccs2)N2CCCC2)CCNCC1.Cl.Cl. The number of thiophene rings is 1. The summed E-state index contributed by atoms with van der Waals surface area (Å²) in [6.45, 7) is 3.63. The molecule has 1 aromatic heterocycles. The number of nitrogens with one attached hydrogen (secondary N) is 2. The Balaban J connectivity index is 0.00000182. The summed E-state index contributed by atoms with van der Waals surface area (Å²) in [5.74, 6) is -0.336. The summed E-state index contributed by atoms with van der Waals surface area (Å²) < 4.78 is 23.5. The van der Waals surface area contributed by atoms with Gasteiger partial charge in [0.1, 0.15) is 0 Å². The van der Waals surface area contributed by atoms with E-state index in [9.17, 15) is 13.2 Å². The van der Waals surface area contributed by atoms with Crippen LogP contribution < -0.4 is 10.6 Å². The Morgan fingerprint density at radius 1 is 1.30 bits per heavy atom. The summed E-state index contributed by atoms with van der Waals surface area (Å²) in [7, 11) is -3.47. The zero-order valence-electron chi connectivity index (χ0n) is 15.5. The third-order valence-corrected chi connectivity index (χ3v) is 8.43. The lowest BCUT2D eigenvalue weighted by molar-refractivity contribution is -0.124. The van der Waals surface area contributed by atoms with Crippen molar-refractivity contribution in [3.63, 3.8) is 0 Å². The summed E-state index contributed by atoms with van der Waals surface area (Å²) in [4.78, 5) is 16.5. The molecular weight excluding hydrogens is 429 g/mol. The predicted molar refractivity (Wildman–Crippen MR) is 115 cm³/mol. The topological polar surface area (TPSA) is 78.5 Å². The van der Waals surface area contributed by atoms with Crippen LogP contribution in [0.4, 0.5) is 0 Å². The Labute approximate surface area is 178 Å². The van der Waals surface area contributed by atoms with Crippen LogP contribution in [0, 0.1) is 0 Å².